The molecule has 0 atom stereocenters. The highest BCUT2D eigenvalue weighted by Crippen LogP contribution is 2.33. The standard InChI is InChI=1S/C18H18ClF3N4O3/c1-17(2,3)29-16(27)26-8-10-7-23-15(25-13(10)9-26)24-11-4-5-12(19)14(6-11)28-18(20,21)22/h4-7H,8-9H2,1-3H3,(H,23,24,25). The van der Waals surface area contributed by atoms with E-state index in [4.69, 9.17) is 16.3 Å². The number of anilines is 2. The summed E-state index contributed by atoms with van der Waals surface area (Å²) in [5.41, 5.74) is 1.03. The first kappa shape index (κ1) is 21.0. The minimum atomic E-state index is -4.86. The van der Waals surface area contributed by atoms with Crippen LogP contribution in [0.5, 0.6) is 5.75 Å². The molecule has 2 aromatic rings. The van der Waals surface area contributed by atoms with Crippen LogP contribution in [0.15, 0.2) is 24.4 Å². The molecule has 0 aliphatic carbocycles. The van der Waals surface area contributed by atoms with Crippen molar-refractivity contribution in [3.8, 4) is 5.75 Å². The first-order chi connectivity index (χ1) is 13.4. The molecule has 1 aromatic carbocycles. The van der Waals surface area contributed by atoms with Gasteiger partial charge < -0.3 is 14.8 Å². The lowest BCUT2D eigenvalue weighted by atomic mass is 10.2. The molecule has 11 heteroatoms. The van der Waals surface area contributed by atoms with Gasteiger partial charge >= 0.3 is 12.5 Å². The maximum atomic E-state index is 12.5. The summed E-state index contributed by atoms with van der Waals surface area (Å²) in [4.78, 5) is 22.2. The number of rotatable bonds is 3. The molecule has 0 spiro atoms. The third-order valence-electron chi connectivity index (χ3n) is 3.72. The number of carbonyl (C=O) groups is 1. The topological polar surface area (TPSA) is 76.6 Å². The van der Waals surface area contributed by atoms with Gasteiger partial charge in [0.25, 0.3) is 0 Å². The zero-order chi connectivity index (χ0) is 21.4. The number of hydrogen-bond acceptors (Lipinski definition) is 6. The van der Waals surface area contributed by atoms with Gasteiger partial charge in [-0.3, -0.25) is 4.90 Å². The van der Waals surface area contributed by atoms with Crippen LogP contribution in [0.2, 0.25) is 5.02 Å². The number of aromatic nitrogens is 2. The third-order valence-corrected chi connectivity index (χ3v) is 4.03. The lowest BCUT2D eigenvalue weighted by Gasteiger charge is -2.23. The maximum Gasteiger partial charge on any atom is 0.573 e. The second kappa shape index (κ2) is 7.58. The Morgan fingerprint density at radius 3 is 2.62 bits per heavy atom. The Hall–Kier alpha value is -2.75. The van der Waals surface area contributed by atoms with Gasteiger partial charge in [0.05, 0.1) is 23.8 Å². The van der Waals surface area contributed by atoms with Crippen molar-refractivity contribution in [2.75, 3.05) is 5.32 Å². The minimum Gasteiger partial charge on any atom is -0.444 e. The smallest absolute Gasteiger partial charge is 0.444 e. The van der Waals surface area contributed by atoms with E-state index < -0.39 is 23.8 Å². The fraction of sp³-hybridized carbons (Fsp3) is 0.389. The van der Waals surface area contributed by atoms with E-state index in [9.17, 15) is 18.0 Å². The number of carbonyl (C=O) groups excluding carboxylic acids is 1. The summed E-state index contributed by atoms with van der Waals surface area (Å²) >= 11 is 5.74. The summed E-state index contributed by atoms with van der Waals surface area (Å²) in [5.74, 6) is -0.378. The van der Waals surface area contributed by atoms with Crippen molar-refractivity contribution >= 4 is 29.3 Å². The van der Waals surface area contributed by atoms with Gasteiger partial charge in [-0.2, -0.15) is 0 Å². The van der Waals surface area contributed by atoms with Crippen molar-refractivity contribution in [2.45, 2.75) is 45.8 Å². The fourth-order valence-corrected chi connectivity index (χ4v) is 2.74. The SMILES string of the molecule is CC(C)(C)OC(=O)N1Cc2cnc(Nc3ccc(Cl)c(OC(F)(F)F)c3)nc2C1. The molecule has 0 radical (unpaired) electrons. The normalized spacial score (nSPS) is 13.8. The van der Waals surface area contributed by atoms with Gasteiger partial charge in [0.1, 0.15) is 11.4 Å². The molecule has 1 amide bonds. The van der Waals surface area contributed by atoms with E-state index >= 15 is 0 Å². The third kappa shape index (κ3) is 5.63. The number of fused-ring (bicyclic) bond motifs is 1. The molecule has 156 valence electrons. The summed E-state index contributed by atoms with van der Waals surface area (Å²) in [6.45, 7) is 5.88. The van der Waals surface area contributed by atoms with E-state index in [1.165, 1.54) is 17.0 Å². The van der Waals surface area contributed by atoms with Crippen LogP contribution in [0.1, 0.15) is 32.0 Å². The minimum absolute atomic E-state index is 0.162. The number of alkyl halides is 3. The van der Waals surface area contributed by atoms with Crippen LogP contribution in [0.25, 0.3) is 0 Å². The van der Waals surface area contributed by atoms with Gasteiger partial charge in [-0.05, 0) is 32.9 Å². The fourth-order valence-electron chi connectivity index (χ4n) is 2.58. The lowest BCUT2D eigenvalue weighted by Crippen LogP contribution is -2.33. The lowest BCUT2D eigenvalue weighted by molar-refractivity contribution is -0.274. The summed E-state index contributed by atoms with van der Waals surface area (Å²) in [5, 5.41) is 2.62. The number of amides is 1. The van der Waals surface area contributed by atoms with Crippen molar-refractivity contribution < 1.29 is 27.4 Å². The van der Waals surface area contributed by atoms with Crippen LogP contribution >= 0.6 is 11.6 Å². The molecule has 29 heavy (non-hydrogen) atoms. The number of hydrogen-bond donors (Lipinski definition) is 1. The maximum absolute atomic E-state index is 12.5. The van der Waals surface area contributed by atoms with Crippen LogP contribution < -0.4 is 10.1 Å². The highest BCUT2D eigenvalue weighted by molar-refractivity contribution is 6.32. The van der Waals surface area contributed by atoms with Gasteiger partial charge in [0, 0.05) is 23.5 Å². The molecule has 0 saturated carbocycles. The van der Waals surface area contributed by atoms with E-state index in [0.29, 0.717) is 12.2 Å². The molecule has 1 aliphatic heterocycles. The second-order valence-corrected chi connectivity index (χ2v) is 7.73. The Kier molecular flexibility index (Phi) is 5.48. The number of nitrogens with one attached hydrogen (secondary N) is 1. The molecule has 1 aliphatic rings. The van der Waals surface area contributed by atoms with Crippen molar-refractivity contribution in [2.24, 2.45) is 0 Å². The van der Waals surface area contributed by atoms with Crippen molar-refractivity contribution in [1.82, 2.24) is 14.9 Å². The molecule has 1 aromatic heterocycles. The van der Waals surface area contributed by atoms with Crippen LogP contribution in [0.4, 0.5) is 29.6 Å². The number of ether oxygens (including phenoxy) is 2. The molecule has 0 bridgehead atoms. The molecule has 1 N–H and O–H groups in total. The Bertz CT molecular complexity index is 932. The molecule has 2 heterocycles. The average Bonchev–Trinajstić information content (AvgIpc) is 2.98. The number of halogens is 4. The monoisotopic (exact) mass is 430 g/mol. The van der Waals surface area contributed by atoms with E-state index in [1.54, 1.807) is 27.0 Å². The number of benzene rings is 1. The molecule has 7 nitrogen and oxygen atoms in total. The average molecular weight is 431 g/mol. The van der Waals surface area contributed by atoms with Crippen molar-refractivity contribution in [3.05, 3.63) is 40.7 Å². The summed E-state index contributed by atoms with van der Waals surface area (Å²) in [7, 11) is 0. The molecule has 0 unspecified atom stereocenters. The zero-order valence-corrected chi connectivity index (χ0v) is 16.6. The van der Waals surface area contributed by atoms with Crippen molar-refractivity contribution in [3.63, 3.8) is 0 Å². The number of nitrogens with zero attached hydrogens (tertiary/aromatic N) is 3. The highest BCUT2D eigenvalue weighted by atomic mass is 35.5. The Morgan fingerprint density at radius 1 is 1.24 bits per heavy atom. The Labute approximate surface area is 169 Å². The quantitative estimate of drug-likeness (QED) is 0.736. The molecule has 0 saturated heterocycles. The van der Waals surface area contributed by atoms with E-state index in [-0.39, 0.29) is 23.2 Å². The predicted molar refractivity (Wildman–Crippen MR) is 98.9 cm³/mol. The first-order valence-corrected chi connectivity index (χ1v) is 8.92. The Balaban J connectivity index is 1.72. The van der Waals surface area contributed by atoms with Crippen LogP contribution in [-0.4, -0.2) is 32.9 Å². The van der Waals surface area contributed by atoms with Crippen molar-refractivity contribution in [1.29, 1.82) is 0 Å². The van der Waals surface area contributed by atoms with E-state index in [2.05, 4.69) is 20.0 Å². The summed E-state index contributed by atoms with van der Waals surface area (Å²) < 4.78 is 46.6. The van der Waals surface area contributed by atoms with Gasteiger partial charge in [0.2, 0.25) is 5.95 Å². The summed E-state index contributed by atoms with van der Waals surface area (Å²) in [6.07, 6.45) is -3.77. The second-order valence-electron chi connectivity index (χ2n) is 7.32. The van der Waals surface area contributed by atoms with E-state index in [1.807, 2.05) is 0 Å². The van der Waals surface area contributed by atoms with Crippen LogP contribution in [-0.2, 0) is 17.8 Å². The first-order valence-electron chi connectivity index (χ1n) is 8.55. The predicted octanol–water partition coefficient (Wildman–Crippen LogP) is 5.02. The zero-order valence-electron chi connectivity index (χ0n) is 15.8. The highest BCUT2D eigenvalue weighted by Gasteiger charge is 2.32. The van der Waals surface area contributed by atoms with Gasteiger partial charge in [-0.25, -0.2) is 14.8 Å². The van der Waals surface area contributed by atoms with Crippen LogP contribution in [0, 0.1) is 0 Å². The molecule has 0 fully saturated rings. The summed E-state index contributed by atoms with van der Waals surface area (Å²) in [6, 6.07) is 3.83. The molecular weight excluding hydrogens is 413 g/mol. The van der Waals surface area contributed by atoms with E-state index in [0.717, 1.165) is 11.6 Å². The van der Waals surface area contributed by atoms with Gasteiger partial charge in [-0.15, -0.1) is 13.2 Å². The Morgan fingerprint density at radius 2 is 1.97 bits per heavy atom. The van der Waals surface area contributed by atoms with Gasteiger partial charge in [-0.1, -0.05) is 11.6 Å². The molecular formula is C18H18ClF3N4O3. The largest absolute Gasteiger partial charge is 0.573 e. The molecule has 3 rings (SSSR count). The van der Waals surface area contributed by atoms with Gasteiger partial charge in [0.15, 0.2) is 0 Å². The van der Waals surface area contributed by atoms with Crippen LogP contribution in [0.3, 0.4) is 0 Å².